The summed E-state index contributed by atoms with van der Waals surface area (Å²) in [5.41, 5.74) is 3.98. The van der Waals surface area contributed by atoms with E-state index in [0.717, 1.165) is 18.6 Å². The maximum absolute atomic E-state index is 11.8. The number of carbonyl (C=O) groups is 1. The van der Waals surface area contributed by atoms with Crippen molar-refractivity contribution in [3.63, 3.8) is 0 Å². The van der Waals surface area contributed by atoms with Gasteiger partial charge in [-0.15, -0.1) is 0 Å². The quantitative estimate of drug-likeness (QED) is 0.755. The summed E-state index contributed by atoms with van der Waals surface area (Å²) in [6.45, 7) is 2.10. The van der Waals surface area contributed by atoms with E-state index in [-0.39, 0.29) is 5.78 Å². The number of carbonyl (C=O) groups excluding carboxylic acids is 1. The number of ketones is 1. The van der Waals surface area contributed by atoms with Crippen molar-refractivity contribution in [1.29, 1.82) is 0 Å². The van der Waals surface area contributed by atoms with Gasteiger partial charge in [-0.2, -0.15) is 0 Å². The lowest BCUT2D eigenvalue weighted by atomic mass is 9.67. The molecule has 0 heterocycles. The third-order valence-electron chi connectivity index (χ3n) is 4.35. The van der Waals surface area contributed by atoms with Crippen LogP contribution in [0.25, 0.3) is 0 Å². The normalized spacial score (nSPS) is 26.1. The highest BCUT2D eigenvalue weighted by molar-refractivity contribution is 5.92. The summed E-state index contributed by atoms with van der Waals surface area (Å²) in [5.74, 6) is 2.14. The second-order valence-corrected chi connectivity index (χ2v) is 5.38. The average Bonchev–Trinajstić information content (AvgIpc) is 2.37. The molecule has 1 aromatic carbocycles. The van der Waals surface area contributed by atoms with Crippen LogP contribution in [0.1, 0.15) is 36.8 Å². The molecule has 1 aromatic rings. The monoisotopic (exact) mass is 242 g/mol. The topological polar surface area (TPSA) is 26.3 Å². The number of allylic oxidation sites excluding steroid dienone is 2. The Morgan fingerprint density at radius 1 is 1.28 bits per heavy atom. The molecular formula is C16H18O2. The molecule has 0 aromatic heterocycles. The molecule has 0 unspecified atom stereocenters. The molecule has 0 bridgehead atoms. The molecular weight excluding hydrogens is 224 g/mol. The molecule has 0 saturated heterocycles. The smallest absolute Gasteiger partial charge is 0.156 e. The fourth-order valence-electron chi connectivity index (χ4n) is 3.45. The largest absolute Gasteiger partial charge is 0.497 e. The number of ether oxygens (including phenoxy) is 1. The van der Waals surface area contributed by atoms with Crippen LogP contribution >= 0.6 is 0 Å². The lowest BCUT2D eigenvalue weighted by Gasteiger charge is -2.36. The molecule has 0 radical (unpaired) electrons. The van der Waals surface area contributed by atoms with Crippen molar-refractivity contribution in [3.8, 4) is 5.75 Å². The van der Waals surface area contributed by atoms with Gasteiger partial charge in [-0.25, -0.2) is 0 Å². The van der Waals surface area contributed by atoms with Gasteiger partial charge in [-0.3, -0.25) is 4.79 Å². The highest BCUT2D eigenvalue weighted by Crippen LogP contribution is 2.45. The summed E-state index contributed by atoms with van der Waals surface area (Å²) < 4.78 is 5.28. The number of hydrogen-bond donors (Lipinski definition) is 0. The third kappa shape index (κ3) is 1.76. The lowest BCUT2D eigenvalue weighted by Crippen LogP contribution is -2.27. The molecule has 0 spiro atoms. The van der Waals surface area contributed by atoms with E-state index in [1.165, 1.54) is 16.7 Å². The van der Waals surface area contributed by atoms with Gasteiger partial charge in [-0.1, -0.05) is 11.6 Å². The highest BCUT2D eigenvalue weighted by Gasteiger charge is 2.34. The first kappa shape index (κ1) is 11.5. The highest BCUT2D eigenvalue weighted by atomic mass is 16.5. The maximum atomic E-state index is 11.8. The first-order chi connectivity index (χ1) is 8.69. The van der Waals surface area contributed by atoms with Crippen molar-refractivity contribution in [3.05, 3.63) is 41.0 Å². The minimum atomic E-state index is 0.275. The molecule has 94 valence electrons. The predicted octanol–water partition coefficient (Wildman–Crippen LogP) is 3.26. The summed E-state index contributed by atoms with van der Waals surface area (Å²) in [6.07, 6.45) is 4.75. The average molecular weight is 242 g/mol. The van der Waals surface area contributed by atoms with Gasteiger partial charge in [0.05, 0.1) is 7.11 Å². The summed E-state index contributed by atoms with van der Waals surface area (Å²) in [7, 11) is 1.70. The van der Waals surface area contributed by atoms with Gasteiger partial charge < -0.3 is 4.74 Å². The van der Waals surface area contributed by atoms with Crippen molar-refractivity contribution in [2.24, 2.45) is 5.92 Å². The molecule has 2 atom stereocenters. The van der Waals surface area contributed by atoms with E-state index in [0.29, 0.717) is 18.3 Å². The molecule has 2 aliphatic rings. The second kappa shape index (κ2) is 4.27. The Hall–Kier alpha value is -1.57. The van der Waals surface area contributed by atoms with E-state index in [4.69, 9.17) is 4.74 Å². The molecule has 0 fully saturated rings. The first-order valence-corrected chi connectivity index (χ1v) is 6.57. The van der Waals surface area contributed by atoms with E-state index >= 15 is 0 Å². The van der Waals surface area contributed by atoms with Crippen molar-refractivity contribution < 1.29 is 9.53 Å². The lowest BCUT2D eigenvalue weighted by molar-refractivity contribution is -0.115. The van der Waals surface area contributed by atoms with Crippen LogP contribution in [0.2, 0.25) is 0 Å². The summed E-state index contributed by atoms with van der Waals surface area (Å²) in [6, 6.07) is 6.29. The maximum Gasteiger partial charge on any atom is 0.156 e. The standard InChI is InChI=1S/C16H18O2/c1-10-7-12(17)9-16-14(10)5-3-11-8-13(18-2)4-6-15(11)16/h4,6-8,14,16H,3,5,9H2,1-2H3/t14-,16-/m0/s1. The summed E-state index contributed by atoms with van der Waals surface area (Å²) >= 11 is 0. The fraction of sp³-hybridized carbons (Fsp3) is 0.438. The third-order valence-corrected chi connectivity index (χ3v) is 4.35. The first-order valence-electron chi connectivity index (χ1n) is 6.57. The number of fused-ring (bicyclic) bond motifs is 3. The van der Waals surface area contributed by atoms with E-state index in [2.05, 4.69) is 19.1 Å². The van der Waals surface area contributed by atoms with Gasteiger partial charge in [0.2, 0.25) is 0 Å². The Bertz CT molecular complexity index is 528. The molecule has 2 heteroatoms. The van der Waals surface area contributed by atoms with Crippen LogP contribution in [0.5, 0.6) is 5.75 Å². The Morgan fingerprint density at radius 3 is 2.89 bits per heavy atom. The number of rotatable bonds is 1. The molecule has 2 aliphatic carbocycles. The van der Waals surface area contributed by atoms with Crippen LogP contribution in [-0.4, -0.2) is 12.9 Å². The summed E-state index contributed by atoms with van der Waals surface area (Å²) in [4.78, 5) is 11.8. The number of hydrogen-bond acceptors (Lipinski definition) is 2. The van der Waals surface area contributed by atoms with E-state index in [1.54, 1.807) is 7.11 Å². The SMILES string of the molecule is COc1ccc2c(c1)CC[C@H]1C(C)=CC(=O)C[C@H]21. The molecule has 0 saturated carbocycles. The van der Waals surface area contributed by atoms with Gasteiger partial charge in [0.1, 0.15) is 5.75 Å². The van der Waals surface area contributed by atoms with Crippen LogP contribution in [0.15, 0.2) is 29.8 Å². The van der Waals surface area contributed by atoms with Crippen LogP contribution in [0, 0.1) is 5.92 Å². The number of methoxy groups -OCH3 is 1. The number of aryl methyl sites for hydroxylation is 1. The van der Waals surface area contributed by atoms with E-state index < -0.39 is 0 Å². The van der Waals surface area contributed by atoms with Crippen molar-refractivity contribution in [2.75, 3.05) is 7.11 Å². The van der Waals surface area contributed by atoms with Crippen LogP contribution in [0.3, 0.4) is 0 Å². The minimum absolute atomic E-state index is 0.275. The Labute approximate surface area is 108 Å². The molecule has 0 N–H and O–H groups in total. The van der Waals surface area contributed by atoms with Gasteiger partial charge in [0, 0.05) is 6.42 Å². The van der Waals surface area contributed by atoms with Gasteiger partial charge in [0.15, 0.2) is 5.78 Å². The van der Waals surface area contributed by atoms with Crippen LogP contribution < -0.4 is 4.74 Å². The van der Waals surface area contributed by atoms with Crippen LogP contribution in [0.4, 0.5) is 0 Å². The molecule has 0 aliphatic heterocycles. The van der Waals surface area contributed by atoms with Crippen molar-refractivity contribution in [1.82, 2.24) is 0 Å². The molecule has 3 rings (SSSR count). The number of benzene rings is 1. The minimum Gasteiger partial charge on any atom is -0.497 e. The molecule has 18 heavy (non-hydrogen) atoms. The Morgan fingerprint density at radius 2 is 2.11 bits per heavy atom. The Balaban J connectivity index is 2.03. The van der Waals surface area contributed by atoms with Crippen molar-refractivity contribution in [2.45, 2.75) is 32.1 Å². The zero-order valence-electron chi connectivity index (χ0n) is 10.9. The molecule has 2 nitrogen and oxygen atoms in total. The van der Waals surface area contributed by atoms with Crippen molar-refractivity contribution >= 4 is 5.78 Å². The van der Waals surface area contributed by atoms with Gasteiger partial charge >= 0.3 is 0 Å². The zero-order chi connectivity index (χ0) is 12.7. The van der Waals surface area contributed by atoms with E-state index in [9.17, 15) is 4.79 Å². The second-order valence-electron chi connectivity index (χ2n) is 5.38. The fourth-order valence-corrected chi connectivity index (χ4v) is 3.45. The van der Waals surface area contributed by atoms with E-state index in [1.807, 2.05) is 12.1 Å². The van der Waals surface area contributed by atoms with Crippen LogP contribution in [-0.2, 0) is 11.2 Å². The molecule has 0 amide bonds. The predicted molar refractivity (Wildman–Crippen MR) is 70.9 cm³/mol. The summed E-state index contributed by atoms with van der Waals surface area (Å²) in [5, 5.41) is 0. The van der Waals surface area contributed by atoms with Gasteiger partial charge in [0.25, 0.3) is 0 Å². The Kier molecular flexibility index (Phi) is 2.73. The van der Waals surface area contributed by atoms with Gasteiger partial charge in [-0.05, 0) is 60.9 Å². The zero-order valence-corrected chi connectivity index (χ0v) is 10.9.